The Morgan fingerprint density at radius 2 is 0.757 bits per heavy atom. The second-order valence-corrected chi connectivity index (χ2v) is 21.2. The number of nitrogens with zero attached hydrogens (tertiary/aromatic N) is 1. The lowest BCUT2D eigenvalue weighted by Gasteiger charge is -2.34. The lowest BCUT2D eigenvalue weighted by atomic mass is 10.0. The summed E-state index contributed by atoms with van der Waals surface area (Å²) in [5, 5.41) is 11.7. The van der Waals surface area contributed by atoms with Crippen molar-refractivity contribution >= 4 is 17.9 Å². The zero-order chi connectivity index (χ0) is 51.3. The van der Waals surface area contributed by atoms with E-state index in [0.29, 0.717) is 12.8 Å². The first-order valence-corrected chi connectivity index (χ1v) is 29.7. The maximum Gasteiger partial charge on any atom is 0.306 e. The highest BCUT2D eigenvalue weighted by atomic mass is 16.6. The molecule has 2 atom stereocenters. The second kappa shape index (κ2) is 52.6. The topological polar surface area (TPSA) is 102 Å². The van der Waals surface area contributed by atoms with Crippen LogP contribution in [0.15, 0.2) is 48.6 Å². The van der Waals surface area contributed by atoms with Gasteiger partial charge in [0, 0.05) is 19.3 Å². The van der Waals surface area contributed by atoms with E-state index >= 15 is 0 Å². The van der Waals surface area contributed by atoms with E-state index in [1.807, 2.05) is 21.1 Å². The Bertz CT molecular complexity index is 1280. The molecule has 70 heavy (non-hydrogen) atoms. The van der Waals surface area contributed by atoms with Gasteiger partial charge in [-0.05, 0) is 77.0 Å². The summed E-state index contributed by atoms with van der Waals surface area (Å²) in [5.41, 5.74) is 0. The number of esters is 2. The summed E-state index contributed by atoms with van der Waals surface area (Å²) in [6.45, 7) is 4.68. The van der Waals surface area contributed by atoms with Crippen LogP contribution < -0.4 is 5.11 Å². The predicted octanol–water partition coefficient (Wildman–Crippen LogP) is 16.5. The number of carboxylic acid groups (broad SMARTS) is 1. The molecule has 8 nitrogen and oxygen atoms in total. The van der Waals surface area contributed by atoms with E-state index in [1.165, 1.54) is 193 Å². The maximum atomic E-state index is 12.8. The molecule has 0 amide bonds. The molecule has 0 heterocycles. The van der Waals surface area contributed by atoms with Crippen molar-refractivity contribution < 1.29 is 38.2 Å². The highest BCUT2D eigenvalue weighted by molar-refractivity contribution is 5.70. The van der Waals surface area contributed by atoms with Crippen LogP contribution in [0.3, 0.4) is 0 Å². The molecule has 0 aliphatic carbocycles. The lowest BCUT2D eigenvalue weighted by Crippen LogP contribution is -2.55. The maximum absolute atomic E-state index is 12.8. The van der Waals surface area contributed by atoms with Crippen molar-refractivity contribution in [3.05, 3.63) is 48.6 Å². The third-order valence-corrected chi connectivity index (χ3v) is 13.4. The molecule has 0 aliphatic heterocycles. The molecule has 0 aromatic rings. The van der Waals surface area contributed by atoms with Crippen LogP contribution in [0.4, 0.5) is 0 Å². The quantitative estimate of drug-likeness (QED) is 0.0259. The number of carbonyl (C=O) groups excluding carboxylic acids is 3. The highest BCUT2D eigenvalue weighted by Crippen LogP contribution is 2.16. The van der Waals surface area contributed by atoms with Crippen LogP contribution in [-0.4, -0.2) is 75.5 Å². The standard InChI is InChI=1S/C62H113NO7/c1-6-8-10-12-14-16-18-20-22-24-26-28-30-32-34-36-38-40-42-44-46-48-50-52-60(64)69-57-58(56-68-55-54-59(62(66)67)63(3,4)5)70-61(65)53-51-49-47-45-43-41-39-37-35-33-31-29-27-25-23-21-19-17-15-13-11-9-7-2/h18-21,24-27,58-59H,6-17,22-23,28-57H2,1-5H3/b20-18-,21-19-,26-24-,27-25-. The van der Waals surface area contributed by atoms with Gasteiger partial charge in [0.05, 0.1) is 40.3 Å². The third kappa shape index (κ3) is 50.2. The smallest absolute Gasteiger partial charge is 0.306 e. The number of hydrogen-bond donors (Lipinski definition) is 0. The summed E-state index contributed by atoms with van der Waals surface area (Å²) in [5.74, 6) is -1.73. The Hall–Kier alpha value is -2.71. The molecule has 0 N–H and O–H groups in total. The van der Waals surface area contributed by atoms with Crippen molar-refractivity contribution in [1.82, 2.24) is 0 Å². The van der Waals surface area contributed by atoms with Gasteiger partial charge in [0.15, 0.2) is 6.10 Å². The predicted molar refractivity (Wildman–Crippen MR) is 296 cm³/mol. The summed E-state index contributed by atoms with van der Waals surface area (Å²) in [7, 11) is 5.43. The van der Waals surface area contributed by atoms with Crippen molar-refractivity contribution in [3.8, 4) is 0 Å². The van der Waals surface area contributed by atoms with Crippen molar-refractivity contribution in [3.63, 3.8) is 0 Å². The first-order valence-electron chi connectivity index (χ1n) is 29.7. The summed E-state index contributed by atoms with van der Waals surface area (Å²) in [6.07, 6.45) is 65.8. The summed E-state index contributed by atoms with van der Waals surface area (Å²) < 4.78 is 17.3. The van der Waals surface area contributed by atoms with E-state index in [0.717, 1.165) is 51.4 Å². The molecule has 408 valence electrons. The SMILES string of the molecule is CCCCCCC/C=C\C/C=C\CCCCCCCCCCCCCC(=O)OCC(COCCC(C(=O)[O-])[N+](C)(C)C)OC(=O)CCCCCCCCCCCCC/C=C\C/C=C\CCCCCCC. The number of likely N-dealkylation sites (N-methyl/N-ethyl adjacent to an activating group) is 1. The Kier molecular flexibility index (Phi) is 50.6. The van der Waals surface area contributed by atoms with Gasteiger partial charge in [-0.2, -0.15) is 0 Å². The number of allylic oxidation sites excluding steroid dienone is 8. The van der Waals surface area contributed by atoms with Crippen LogP contribution in [0.5, 0.6) is 0 Å². The number of quaternary nitrogens is 1. The Balaban J connectivity index is 4.15. The van der Waals surface area contributed by atoms with Crippen molar-refractivity contribution in [2.45, 2.75) is 289 Å². The minimum atomic E-state index is -1.12. The monoisotopic (exact) mass is 984 g/mol. The van der Waals surface area contributed by atoms with Gasteiger partial charge in [0.2, 0.25) is 0 Å². The zero-order valence-corrected chi connectivity index (χ0v) is 46.7. The first kappa shape index (κ1) is 67.3. The molecule has 0 spiro atoms. The van der Waals surface area contributed by atoms with E-state index in [2.05, 4.69) is 62.5 Å². The molecule has 2 unspecified atom stereocenters. The summed E-state index contributed by atoms with van der Waals surface area (Å²) in [4.78, 5) is 37.2. The number of unbranched alkanes of at least 4 members (excludes halogenated alkanes) is 32. The molecule has 0 aromatic carbocycles. The van der Waals surface area contributed by atoms with Gasteiger partial charge in [-0.25, -0.2) is 0 Å². The lowest BCUT2D eigenvalue weighted by molar-refractivity contribution is -0.889. The van der Waals surface area contributed by atoms with Gasteiger partial charge in [-0.1, -0.05) is 229 Å². The molecule has 8 heteroatoms. The molecule has 0 rings (SSSR count). The van der Waals surface area contributed by atoms with E-state index < -0.39 is 18.1 Å². The second-order valence-electron chi connectivity index (χ2n) is 21.2. The van der Waals surface area contributed by atoms with E-state index in [1.54, 1.807) is 0 Å². The van der Waals surface area contributed by atoms with Gasteiger partial charge in [0.1, 0.15) is 12.6 Å². The normalized spacial score (nSPS) is 13.1. The molecular weight excluding hydrogens is 871 g/mol. The van der Waals surface area contributed by atoms with Crippen molar-refractivity contribution in [2.24, 2.45) is 0 Å². The minimum absolute atomic E-state index is 0.0407. The average molecular weight is 985 g/mol. The highest BCUT2D eigenvalue weighted by Gasteiger charge is 2.25. The van der Waals surface area contributed by atoms with Crippen molar-refractivity contribution in [2.75, 3.05) is 41.0 Å². The van der Waals surface area contributed by atoms with Gasteiger partial charge >= 0.3 is 11.9 Å². The first-order chi connectivity index (χ1) is 34.1. The van der Waals surface area contributed by atoms with Crippen LogP contribution in [0.1, 0.15) is 277 Å². The molecule has 0 saturated carbocycles. The van der Waals surface area contributed by atoms with Gasteiger partial charge in [-0.15, -0.1) is 0 Å². The fourth-order valence-corrected chi connectivity index (χ4v) is 8.84. The Labute approximate surface area is 433 Å². The number of hydrogen-bond acceptors (Lipinski definition) is 7. The number of ether oxygens (including phenoxy) is 3. The molecule has 0 aliphatic rings. The zero-order valence-electron chi connectivity index (χ0n) is 46.7. The van der Waals surface area contributed by atoms with E-state index in [9.17, 15) is 19.5 Å². The number of aliphatic carboxylic acids is 1. The van der Waals surface area contributed by atoms with Gasteiger partial charge < -0.3 is 28.6 Å². The Morgan fingerprint density at radius 1 is 0.429 bits per heavy atom. The molecule has 0 bridgehead atoms. The number of carbonyl (C=O) groups is 3. The largest absolute Gasteiger partial charge is 0.544 e. The average Bonchev–Trinajstić information content (AvgIpc) is 3.33. The fraction of sp³-hybridized carbons (Fsp3) is 0.823. The molecule has 0 saturated heterocycles. The number of rotatable bonds is 54. The third-order valence-electron chi connectivity index (χ3n) is 13.4. The van der Waals surface area contributed by atoms with E-state index in [4.69, 9.17) is 14.2 Å². The number of carboxylic acids is 1. The minimum Gasteiger partial charge on any atom is -0.544 e. The van der Waals surface area contributed by atoms with Crippen LogP contribution in [0.2, 0.25) is 0 Å². The molecule has 0 fully saturated rings. The van der Waals surface area contributed by atoms with E-state index in [-0.39, 0.29) is 42.7 Å². The van der Waals surface area contributed by atoms with Crippen molar-refractivity contribution in [1.29, 1.82) is 0 Å². The molecule has 0 aromatic heterocycles. The molecular formula is C62H113NO7. The van der Waals surface area contributed by atoms with Gasteiger partial charge in [0.25, 0.3) is 0 Å². The van der Waals surface area contributed by atoms with Crippen LogP contribution in [-0.2, 0) is 28.6 Å². The summed E-state index contributed by atoms with van der Waals surface area (Å²) in [6, 6.07) is -0.728. The molecule has 0 radical (unpaired) electrons. The van der Waals surface area contributed by atoms with Crippen LogP contribution in [0.25, 0.3) is 0 Å². The Morgan fingerprint density at radius 3 is 1.10 bits per heavy atom. The van der Waals surface area contributed by atoms with Crippen LogP contribution >= 0.6 is 0 Å². The van der Waals surface area contributed by atoms with Gasteiger partial charge in [-0.3, -0.25) is 9.59 Å². The summed E-state index contributed by atoms with van der Waals surface area (Å²) >= 11 is 0. The van der Waals surface area contributed by atoms with Crippen LogP contribution in [0, 0.1) is 0 Å². The fourth-order valence-electron chi connectivity index (χ4n) is 8.84.